The first-order valence-electron chi connectivity index (χ1n) is 9.62. The molecule has 3 amide bonds. The van der Waals surface area contributed by atoms with Gasteiger partial charge in [-0.05, 0) is 25.0 Å². The van der Waals surface area contributed by atoms with E-state index in [0.29, 0.717) is 52.4 Å². The number of aromatic amines is 1. The summed E-state index contributed by atoms with van der Waals surface area (Å²) in [5.74, 6) is 0.108. The molecule has 3 rings (SSSR count). The van der Waals surface area contributed by atoms with Gasteiger partial charge in [-0.3, -0.25) is 4.79 Å². The lowest BCUT2D eigenvalue weighted by molar-refractivity contribution is -0.131. The zero-order valence-electron chi connectivity index (χ0n) is 15.9. The van der Waals surface area contributed by atoms with Crippen molar-refractivity contribution in [3.8, 4) is 0 Å². The lowest BCUT2D eigenvalue weighted by Gasteiger charge is -2.34. The number of nitrogens with one attached hydrogen (secondary N) is 2. The van der Waals surface area contributed by atoms with Gasteiger partial charge in [-0.1, -0.05) is 18.2 Å². The van der Waals surface area contributed by atoms with Gasteiger partial charge in [0.25, 0.3) is 0 Å². The second kappa shape index (κ2) is 9.41. The van der Waals surface area contributed by atoms with Crippen molar-refractivity contribution in [2.45, 2.75) is 19.8 Å². The van der Waals surface area contributed by atoms with Crippen LogP contribution < -0.4 is 5.32 Å². The van der Waals surface area contributed by atoms with E-state index in [9.17, 15) is 9.59 Å². The van der Waals surface area contributed by atoms with E-state index in [2.05, 4.69) is 10.3 Å². The first-order valence-corrected chi connectivity index (χ1v) is 9.62. The molecule has 2 N–H and O–H groups in total. The van der Waals surface area contributed by atoms with Gasteiger partial charge in [0.05, 0.1) is 6.42 Å². The number of nitrogens with zero attached hydrogens (tertiary/aromatic N) is 2. The molecule has 1 fully saturated rings. The Morgan fingerprint density at radius 1 is 1.15 bits per heavy atom. The highest BCUT2D eigenvalue weighted by atomic mass is 16.5. The number of urea groups is 1. The zero-order valence-corrected chi connectivity index (χ0v) is 15.9. The molecule has 0 aliphatic carbocycles. The Bertz CT molecular complexity index is 765. The first-order chi connectivity index (χ1) is 13.2. The number of ether oxygens (including phenoxy) is 1. The van der Waals surface area contributed by atoms with E-state index in [4.69, 9.17) is 4.74 Å². The van der Waals surface area contributed by atoms with Crippen molar-refractivity contribution in [3.05, 3.63) is 36.0 Å². The molecule has 1 aliphatic heterocycles. The maximum absolute atomic E-state index is 12.6. The van der Waals surface area contributed by atoms with Crippen molar-refractivity contribution < 1.29 is 14.3 Å². The van der Waals surface area contributed by atoms with Gasteiger partial charge in [0.2, 0.25) is 5.91 Å². The third-order valence-corrected chi connectivity index (χ3v) is 4.88. The summed E-state index contributed by atoms with van der Waals surface area (Å²) >= 11 is 0. The van der Waals surface area contributed by atoms with Crippen molar-refractivity contribution in [1.82, 2.24) is 20.1 Å². The third-order valence-electron chi connectivity index (χ3n) is 4.88. The number of carbonyl (C=O) groups excluding carboxylic acids is 2. The van der Waals surface area contributed by atoms with E-state index < -0.39 is 0 Å². The number of fused-ring (bicyclic) bond motifs is 1. The van der Waals surface area contributed by atoms with Crippen LogP contribution in [-0.4, -0.2) is 72.7 Å². The lowest BCUT2D eigenvalue weighted by Crippen LogP contribution is -2.53. The molecule has 2 aromatic rings. The van der Waals surface area contributed by atoms with Crippen LogP contribution in [0.4, 0.5) is 4.79 Å². The van der Waals surface area contributed by atoms with Crippen LogP contribution in [0.15, 0.2) is 30.5 Å². The van der Waals surface area contributed by atoms with Gasteiger partial charge >= 0.3 is 6.03 Å². The summed E-state index contributed by atoms with van der Waals surface area (Å²) in [4.78, 5) is 31.6. The summed E-state index contributed by atoms with van der Waals surface area (Å²) < 4.78 is 5.26. The van der Waals surface area contributed by atoms with Crippen LogP contribution in [0.1, 0.15) is 18.9 Å². The molecule has 2 heterocycles. The number of piperazine rings is 1. The maximum Gasteiger partial charge on any atom is 0.317 e. The largest absolute Gasteiger partial charge is 0.382 e. The number of hydrogen-bond donors (Lipinski definition) is 2. The molecule has 1 aromatic carbocycles. The van der Waals surface area contributed by atoms with Crippen LogP contribution >= 0.6 is 0 Å². The molecule has 0 saturated carbocycles. The molecule has 0 atom stereocenters. The minimum absolute atomic E-state index is 0.0600. The molecule has 27 heavy (non-hydrogen) atoms. The third kappa shape index (κ3) is 5.01. The van der Waals surface area contributed by atoms with Crippen LogP contribution in [0.3, 0.4) is 0 Å². The average molecular weight is 372 g/mol. The van der Waals surface area contributed by atoms with Crippen molar-refractivity contribution in [1.29, 1.82) is 0 Å². The Balaban J connectivity index is 1.43. The van der Waals surface area contributed by atoms with Crippen LogP contribution in [-0.2, 0) is 16.0 Å². The van der Waals surface area contributed by atoms with E-state index >= 15 is 0 Å². The summed E-state index contributed by atoms with van der Waals surface area (Å²) in [5.41, 5.74) is 2.07. The number of aromatic nitrogens is 1. The summed E-state index contributed by atoms with van der Waals surface area (Å²) in [7, 11) is 0. The van der Waals surface area contributed by atoms with Gasteiger partial charge in [-0.25, -0.2) is 4.79 Å². The second-order valence-electron chi connectivity index (χ2n) is 6.69. The summed E-state index contributed by atoms with van der Waals surface area (Å²) in [6.45, 7) is 6.21. The predicted molar refractivity (Wildman–Crippen MR) is 105 cm³/mol. The number of carbonyl (C=O) groups is 2. The normalized spacial score (nSPS) is 14.6. The molecule has 0 spiro atoms. The highest BCUT2D eigenvalue weighted by molar-refractivity contribution is 5.89. The fourth-order valence-electron chi connectivity index (χ4n) is 3.34. The molecule has 1 saturated heterocycles. The van der Waals surface area contributed by atoms with Gasteiger partial charge < -0.3 is 24.8 Å². The molecule has 7 nitrogen and oxygen atoms in total. The van der Waals surface area contributed by atoms with E-state index in [1.54, 1.807) is 4.90 Å². The average Bonchev–Trinajstić information content (AvgIpc) is 3.11. The zero-order chi connectivity index (χ0) is 19.1. The molecule has 146 valence electrons. The fourth-order valence-corrected chi connectivity index (χ4v) is 3.34. The Morgan fingerprint density at radius 2 is 1.89 bits per heavy atom. The number of amides is 3. The van der Waals surface area contributed by atoms with E-state index in [-0.39, 0.29) is 11.9 Å². The smallest absolute Gasteiger partial charge is 0.317 e. The minimum atomic E-state index is -0.0600. The number of rotatable bonds is 7. The number of H-pyrrole nitrogens is 1. The van der Waals surface area contributed by atoms with Crippen molar-refractivity contribution in [3.63, 3.8) is 0 Å². The van der Waals surface area contributed by atoms with Gasteiger partial charge in [0, 0.05) is 63.0 Å². The summed E-state index contributed by atoms with van der Waals surface area (Å²) in [5, 5.41) is 4.00. The van der Waals surface area contributed by atoms with Crippen LogP contribution in [0, 0.1) is 0 Å². The number of hydrogen-bond acceptors (Lipinski definition) is 3. The monoisotopic (exact) mass is 372 g/mol. The Kier molecular flexibility index (Phi) is 6.70. The molecule has 0 unspecified atom stereocenters. The molecule has 1 aliphatic rings. The standard InChI is InChI=1S/C20H28N4O3/c1-2-27-13-5-8-21-20(26)24-11-9-23(10-12-24)19(25)14-16-15-22-18-7-4-3-6-17(16)18/h3-4,6-7,15,22H,2,5,8-14H2,1H3,(H,21,26). The first kappa shape index (κ1) is 19.2. The highest BCUT2D eigenvalue weighted by Gasteiger charge is 2.24. The lowest BCUT2D eigenvalue weighted by atomic mass is 10.1. The molecule has 0 radical (unpaired) electrons. The Hall–Kier alpha value is -2.54. The van der Waals surface area contributed by atoms with Gasteiger partial charge in [-0.15, -0.1) is 0 Å². The summed E-state index contributed by atoms with van der Waals surface area (Å²) in [6.07, 6.45) is 3.10. The van der Waals surface area contributed by atoms with Crippen LogP contribution in [0.25, 0.3) is 10.9 Å². The van der Waals surface area contributed by atoms with Crippen molar-refractivity contribution in [2.24, 2.45) is 0 Å². The van der Waals surface area contributed by atoms with Crippen LogP contribution in [0.5, 0.6) is 0 Å². The van der Waals surface area contributed by atoms with Crippen LogP contribution in [0.2, 0.25) is 0 Å². The van der Waals surface area contributed by atoms with Crippen molar-refractivity contribution in [2.75, 3.05) is 45.9 Å². The highest BCUT2D eigenvalue weighted by Crippen LogP contribution is 2.19. The SMILES string of the molecule is CCOCCCNC(=O)N1CCN(C(=O)Cc2c[nH]c3ccccc23)CC1. The second-order valence-corrected chi connectivity index (χ2v) is 6.69. The van der Waals surface area contributed by atoms with Gasteiger partial charge in [0.15, 0.2) is 0 Å². The quantitative estimate of drug-likeness (QED) is 0.730. The molecular weight excluding hydrogens is 344 g/mol. The predicted octanol–water partition coefficient (Wildman–Crippen LogP) is 1.99. The maximum atomic E-state index is 12.6. The fraction of sp³-hybridized carbons (Fsp3) is 0.500. The topological polar surface area (TPSA) is 77.7 Å². The van der Waals surface area contributed by atoms with Crippen molar-refractivity contribution >= 4 is 22.8 Å². The number of para-hydroxylation sites is 1. The van der Waals surface area contributed by atoms with E-state index in [1.807, 2.05) is 42.3 Å². The van der Waals surface area contributed by atoms with Gasteiger partial charge in [-0.2, -0.15) is 0 Å². The number of benzene rings is 1. The molecule has 0 bridgehead atoms. The Morgan fingerprint density at radius 3 is 2.67 bits per heavy atom. The molecular formula is C20H28N4O3. The Labute approximate surface area is 159 Å². The summed E-state index contributed by atoms with van der Waals surface area (Å²) in [6, 6.07) is 7.94. The van der Waals surface area contributed by atoms with E-state index in [0.717, 1.165) is 22.9 Å². The molecule has 1 aromatic heterocycles. The van der Waals surface area contributed by atoms with Gasteiger partial charge in [0.1, 0.15) is 0 Å². The van der Waals surface area contributed by atoms with E-state index in [1.165, 1.54) is 0 Å². The minimum Gasteiger partial charge on any atom is -0.382 e. The molecule has 7 heteroatoms.